The van der Waals surface area contributed by atoms with Crippen molar-refractivity contribution < 1.29 is 9.90 Å². The molecule has 0 bridgehead atoms. The Morgan fingerprint density at radius 1 is 1.44 bits per heavy atom. The topological polar surface area (TPSA) is 102 Å². The van der Waals surface area contributed by atoms with Crippen LogP contribution in [0, 0.1) is 5.41 Å². The van der Waals surface area contributed by atoms with E-state index in [9.17, 15) is 4.79 Å². The minimum atomic E-state index is -0.0278. The van der Waals surface area contributed by atoms with Crippen molar-refractivity contribution in [3.8, 4) is 0 Å². The van der Waals surface area contributed by atoms with Gasteiger partial charge in [0.2, 0.25) is 5.91 Å². The Kier molecular flexibility index (Phi) is 8.65. The Morgan fingerprint density at radius 3 is 2.61 bits per heavy atom. The number of carbonyl (C=O) groups excluding carboxylic acids is 1. The van der Waals surface area contributed by atoms with Gasteiger partial charge in [0.05, 0.1) is 6.61 Å². The second-order valence-electron chi connectivity index (χ2n) is 4.23. The number of hydrogen-bond donors (Lipinski definition) is 4. The minimum absolute atomic E-state index is 0.0221. The first-order valence-corrected chi connectivity index (χ1v) is 6.07. The lowest BCUT2D eigenvalue weighted by molar-refractivity contribution is -0.118. The Balaban J connectivity index is 3.91. The van der Waals surface area contributed by atoms with Gasteiger partial charge in [-0.15, -0.1) is 0 Å². The van der Waals surface area contributed by atoms with Gasteiger partial charge in [-0.05, 0) is 19.8 Å². The average molecular weight is 256 g/mol. The van der Waals surface area contributed by atoms with Crippen LogP contribution in [0.1, 0.15) is 26.7 Å². The van der Waals surface area contributed by atoms with Gasteiger partial charge >= 0.3 is 0 Å². The zero-order valence-electron chi connectivity index (χ0n) is 11.2. The molecule has 0 aliphatic heterocycles. The van der Waals surface area contributed by atoms with Crippen LogP contribution in [0.5, 0.6) is 0 Å². The molecule has 0 saturated carbocycles. The third-order valence-electron chi connectivity index (χ3n) is 2.48. The Hall–Kier alpha value is -1.56. The summed E-state index contributed by atoms with van der Waals surface area (Å²) in [5.74, 6) is -0.00329. The fourth-order valence-corrected chi connectivity index (χ4v) is 1.33. The van der Waals surface area contributed by atoms with E-state index in [-0.39, 0.29) is 18.5 Å². The molecular formula is C12H24N4O2. The molecule has 0 aromatic carbocycles. The fourth-order valence-electron chi connectivity index (χ4n) is 1.33. The Morgan fingerprint density at radius 2 is 2.11 bits per heavy atom. The molecule has 0 heterocycles. The highest BCUT2D eigenvalue weighted by atomic mass is 16.3. The van der Waals surface area contributed by atoms with Gasteiger partial charge in [0, 0.05) is 26.6 Å². The molecule has 0 aromatic rings. The average Bonchev–Trinajstić information content (AvgIpc) is 2.31. The predicted molar refractivity (Wildman–Crippen MR) is 72.2 cm³/mol. The van der Waals surface area contributed by atoms with Gasteiger partial charge in [-0.25, -0.2) is 0 Å². The van der Waals surface area contributed by atoms with Crippen LogP contribution in [-0.2, 0) is 4.79 Å². The van der Waals surface area contributed by atoms with Crippen LogP contribution < -0.4 is 11.1 Å². The predicted octanol–water partition coefficient (Wildman–Crippen LogP) is 0.0368. The number of aliphatic hydroxyl groups excluding tert-OH is 1. The van der Waals surface area contributed by atoms with E-state index < -0.39 is 0 Å². The number of aliphatic hydroxyl groups is 1. The summed E-state index contributed by atoms with van der Waals surface area (Å²) < 4.78 is 0. The van der Waals surface area contributed by atoms with Gasteiger partial charge in [-0.2, -0.15) is 0 Å². The molecule has 104 valence electrons. The molecule has 0 fully saturated rings. The number of nitrogens with one attached hydrogen (secondary N) is 2. The molecule has 1 amide bonds. The lowest BCUT2D eigenvalue weighted by atomic mass is 10.2. The molecule has 0 atom stereocenters. The normalized spacial score (nSPS) is 11.2. The summed E-state index contributed by atoms with van der Waals surface area (Å²) in [5, 5.41) is 19.0. The van der Waals surface area contributed by atoms with E-state index in [0.717, 1.165) is 18.4 Å². The third kappa shape index (κ3) is 8.58. The summed E-state index contributed by atoms with van der Waals surface area (Å²) in [7, 11) is 0. The monoisotopic (exact) mass is 256 g/mol. The number of hydrogen-bond acceptors (Lipinski definition) is 3. The van der Waals surface area contributed by atoms with Crippen LogP contribution in [0.25, 0.3) is 0 Å². The van der Waals surface area contributed by atoms with Crippen LogP contribution in [0.3, 0.4) is 0 Å². The van der Waals surface area contributed by atoms with E-state index in [0.29, 0.717) is 19.6 Å². The molecular weight excluding hydrogens is 232 g/mol. The number of guanidine groups is 1. The molecule has 0 aliphatic carbocycles. The van der Waals surface area contributed by atoms with E-state index in [2.05, 4.69) is 5.32 Å². The van der Waals surface area contributed by atoms with Gasteiger partial charge in [-0.1, -0.05) is 11.6 Å². The standard InChI is InChI=1S/C12H24N4O2/c1-10(9-17)5-8-16(12(13)14)7-4-3-6-15-11(2)18/h5,17H,3-4,6-9H2,1-2H3,(H3,13,14)(H,15,18). The molecule has 0 aliphatic rings. The van der Waals surface area contributed by atoms with E-state index >= 15 is 0 Å². The van der Waals surface area contributed by atoms with E-state index in [1.807, 2.05) is 13.0 Å². The minimum Gasteiger partial charge on any atom is -0.392 e. The van der Waals surface area contributed by atoms with Gasteiger partial charge in [0.25, 0.3) is 0 Å². The maximum atomic E-state index is 10.7. The molecule has 18 heavy (non-hydrogen) atoms. The summed E-state index contributed by atoms with van der Waals surface area (Å²) in [6.45, 7) is 5.19. The van der Waals surface area contributed by atoms with Crippen molar-refractivity contribution in [2.24, 2.45) is 5.73 Å². The molecule has 0 aromatic heterocycles. The van der Waals surface area contributed by atoms with Crippen molar-refractivity contribution in [3.05, 3.63) is 11.6 Å². The lowest BCUT2D eigenvalue weighted by Crippen LogP contribution is -2.37. The number of rotatable bonds is 8. The zero-order chi connectivity index (χ0) is 14.0. The highest BCUT2D eigenvalue weighted by Gasteiger charge is 2.04. The molecule has 0 rings (SSSR count). The summed E-state index contributed by atoms with van der Waals surface area (Å²) in [5.41, 5.74) is 6.34. The number of amides is 1. The van der Waals surface area contributed by atoms with Crippen molar-refractivity contribution in [2.45, 2.75) is 26.7 Å². The molecule has 0 spiro atoms. The molecule has 0 saturated heterocycles. The van der Waals surface area contributed by atoms with Crippen molar-refractivity contribution in [1.82, 2.24) is 10.2 Å². The first kappa shape index (κ1) is 16.4. The van der Waals surface area contributed by atoms with Gasteiger partial charge in [-0.3, -0.25) is 10.2 Å². The smallest absolute Gasteiger partial charge is 0.216 e. The second-order valence-corrected chi connectivity index (χ2v) is 4.23. The molecule has 6 heteroatoms. The summed E-state index contributed by atoms with van der Waals surface area (Å²) in [6, 6.07) is 0. The van der Waals surface area contributed by atoms with Crippen LogP contribution in [-0.4, -0.2) is 48.1 Å². The van der Waals surface area contributed by atoms with Gasteiger partial charge in [0.15, 0.2) is 5.96 Å². The zero-order valence-corrected chi connectivity index (χ0v) is 11.2. The van der Waals surface area contributed by atoms with Crippen molar-refractivity contribution in [3.63, 3.8) is 0 Å². The highest BCUT2D eigenvalue weighted by Crippen LogP contribution is 1.97. The van der Waals surface area contributed by atoms with E-state index in [1.54, 1.807) is 4.90 Å². The lowest BCUT2D eigenvalue weighted by Gasteiger charge is -2.21. The fraction of sp³-hybridized carbons (Fsp3) is 0.667. The third-order valence-corrected chi connectivity index (χ3v) is 2.48. The number of unbranched alkanes of at least 4 members (excludes halogenated alkanes) is 1. The van der Waals surface area contributed by atoms with Crippen LogP contribution in [0.4, 0.5) is 0 Å². The quantitative estimate of drug-likeness (QED) is 0.213. The molecule has 6 nitrogen and oxygen atoms in total. The summed E-state index contributed by atoms with van der Waals surface area (Å²) >= 11 is 0. The largest absolute Gasteiger partial charge is 0.392 e. The van der Waals surface area contributed by atoms with Crippen LogP contribution in [0.2, 0.25) is 0 Å². The number of carbonyl (C=O) groups is 1. The highest BCUT2D eigenvalue weighted by molar-refractivity contribution is 5.74. The molecule has 5 N–H and O–H groups in total. The number of nitrogens with two attached hydrogens (primary N) is 1. The van der Waals surface area contributed by atoms with E-state index in [4.69, 9.17) is 16.2 Å². The first-order chi connectivity index (χ1) is 8.47. The summed E-state index contributed by atoms with van der Waals surface area (Å²) in [4.78, 5) is 12.4. The maximum absolute atomic E-state index is 10.7. The van der Waals surface area contributed by atoms with E-state index in [1.165, 1.54) is 6.92 Å². The second kappa shape index (κ2) is 9.47. The SMILES string of the molecule is CC(=O)NCCCCN(CC=C(C)CO)C(=N)N. The number of nitrogens with zero attached hydrogens (tertiary/aromatic N) is 1. The Bertz CT molecular complexity index is 302. The maximum Gasteiger partial charge on any atom is 0.216 e. The first-order valence-electron chi connectivity index (χ1n) is 6.07. The molecule has 0 unspecified atom stereocenters. The van der Waals surface area contributed by atoms with Crippen molar-refractivity contribution in [2.75, 3.05) is 26.2 Å². The van der Waals surface area contributed by atoms with Gasteiger partial charge in [0.1, 0.15) is 0 Å². The van der Waals surface area contributed by atoms with Crippen LogP contribution in [0.15, 0.2) is 11.6 Å². The van der Waals surface area contributed by atoms with Gasteiger partial charge < -0.3 is 21.1 Å². The van der Waals surface area contributed by atoms with Crippen molar-refractivity contribution >= 4 is 11.9 Å². The summed E-state index contributed by atoms with van der Waals surface area (Å²) in [6.07, 6.45) is 3.56. The van der Waals surface area contributed by atoms with Crippen LogP contribution >= 0.6 is 0 Å². The Labute approximate surface area is 108 Å². The van der Waals surface area contributed by atoms with Crippen molar-refractivity contribution in [1.29, 1.82) is 5.41 Å². The molecule has 0 radical (unpaired) electrons.